The van der Waals surface area contributed by atoms with Gasteiger partial charge in [0.1, 0.15) is 5.04 Å². The Labute approximate surface area is 170 Å². The lowest BCUT2D eigenvalue weighted by molar-refractivity contribution is -0.114. The second kappa shape index (κ2) is 7.63. The van der Waals surface area contributed by atoms with E-state index in [-0.39, 0.29) is 34.6 Å². The van der Waals surface area contributed by atoms with Crippen LogP contribution in [0.25, 0.3) is 0 Å². The van der Waals surface area contributed by atoms with Gasteiger partial charge in [-0.25, -0.2) is 0 Å². The summed E-state index contributed by atoms with van der Waals surface area (Å²) in [6.45, 7) is 0.438. The van der Waals surface area contributed by atoms with Crippen LogP contribution < -0.4 is 5.73 Å². The molecule has 0 aromatic rings. The summed E-state index contributed by atoms with van der Waals surface area (Å²) < 4.78 is 38.9. The highest BCUT2D eigenvalue weighted by molar-refractivity contribution is 8.16. The molecule has 4 nitrogen and oxygen atoms in total. The minimum absolute atomic E-state index is 0.0311. The molecule has 0 spiro atoms. The van der Waals surface area contributed by atoms with E-state index in [9.17, 15) is 22.8 Å². The number of thioether (sulfide) groups is 1. The predicted molar refractivity (Wildman–Crippen MR) is 106 cm³/mol. The summed E-state index contributed by atoms with van der Waals surface area (Å²) in [7, 11) is 0. The van der Waals surface area contributed by atoms with Crippen molar-refractivity contribution in [1.82, 2.24) is 0 Å². The van der Waals surface area contributed by atoms with Crippen molar-refractivity contribution in [2.24, 2.45) is 22.6 Å². The van der Waals surface area contributed by atoms with Gasteiger partial charge in [-0.1, -0.05) is 35.6 Å². The zero-order valence-corrected chi connectivity index (χ0v) is 16.5. The van der Waals surface area contributed by atoms with Gasteiger partial charge in [-0.2, -0.15) is 13.2 Å². The van der Waals surface area contributed by atoms with Crippen LogP contribution in [0, 0.1) is 11.8 Å². The van der Waals surface area contributed by atoms with Crippen molar-refractivity contribution in [1.29, 1.82) is 0 Å². The maximum Gasteiger partial charge on any atom is 0.412 e. The van der Waals surface area contributed by atoms with E-state index in [1.165, 1.54) is 11.8 Å². The van der Waals surface area contributed by atoms with Crippen molar-refractivity contribution >= 4 is 28.5 Å². The van der Waals surface area contributed by atoms with E-state index in [1.54, 1.807) is 12.2 Å². The van der Waals surface area contributed by atoms with Gasteiger partial charge in [-0.15, -0.1) is 0 Å². The van der Waals surface area contributed by atoms with E-state index >= 15 is 0 Å². The molecule has 2 atom stereocenters. The van der Waals surface area contributed by atoms with E-state index in [0.29, 0.717) is 18.0 Å². The maximum atomic E-state index is 13.0. The fraction of sp³-hybridized carbons (Fsp3) is 0.476. The summed E-state index contributed by atoms with van der Waals surface area (Å²) in [5.41, 5.74) is 6.59. The number of alkyl halides is 3. The molecule has 4 rings (SSSR count). The molecule has 1 heterocycles. The van der Waals surface area contributed by atoms with Crippen molar-refractivity contribution in [3.8, 4) is 0 Å². The van der Waals surface area contributed by atoms with Gasteiger partial charge in [-0.05, 0) is 50.0 Å². The van der Waals surface area contributed by atoms with Gasteiger partial charge in [0.15, 0.2) is 0 Å². The molecule has 4 aliphatic rings. The number of nitrogens with zero attached hydrogens (tertiary/aromatic N) is 1. The smallest absolute Gasteiger partial charge is 0.366 e. The Morgan fingerprint density at radius 1 is 1.24 bits per heavy atom. The summed E-state index contributed by atoms with van der Waals surface area (Å²) in [5, 5.41) is 0.301. The Hall–Kier alpha value is -2.09. The summed E-state index contributed by atoms with van der Waals surface area (Å²) in [5.74, 6) is -0.315. The van der Waals surface area contributed by atoms with Crippen LogP contribution in [-0.2, 0) is 9.59 Å². The number of amides is 1. The fourth-order valence-corrected chi connectivity index (χ4v) is 5.19. The third-order valence-corrected chi connectivity index (χ3v) is 7.07. The summed E-state index contributed by atoms with van der Waals surface area (Å²) >= 11 is 1.33. The molecule has 0 bridgehead atoms. The van der Waals surface area contributed by atoms with Crippen molar-refractivity contribution < 1.29 is 22.8 Å². The van der Waals surface area contributed by atoms with Crippen LogP contribution in [0.1, 0.15) is 32.1 Å². The number of aliphatic imine (C=N–C) groups is 1. The van der Waals surface area contributed by atoms with Gasteiger partial charge >= 0.3 is 6.18 Å². The lowest BCUT2D eigenvalue weighted by atomic mass is 9.85. The Morgan fingerprint density at radius 2 is 2.00 bits per heavy atom. The molecule has 1 fully saturated rings. The third kappa shape index (κ3) is 4.27. The standard InChI is InChI=1S/C21H21F3N2O2S/c22-21(23,24)14-3-1-2-13(8-14)18(27)20-26-10-17(29-20)12-6-7-15(19(25)28)16(9-12)11-4-5-11/h2,6-8,11-12,17H,1,3-5,9-10H2,(H2,25,28). The maximum absolute atomic E-state index is 13.0. The second-order valence-corrected chi connectivity index (χ2v) is 9.03. The van der Waals surface area contributed by atoms with Gasteiger partial charge in [0.05, 0.1) is 6.54 Å². The number of allylic oxidation sites excluding steroid dienone is 6. The number of hydrogen-bond donors (Lipinski definition) is 1. The molecule has 29 heavy (non-hydrogen) atoms. The predicted octanol–water partition coefficient (Wildman–Crippen LogP) is 4.05. The molecule has 0 radical (unpaired) electrons. The van der Waals surface area contributed by atoms with Crippen molar-refractivity contribution in [2.45, 2.75) is 43.5 Å². The lowest BCUT2D eigenvalue weighted by Gasteiger charge is -2.25. The number of carbonyl (C=O) groups is 2. The van der Waals surface area contributed by atoms with Crippen LogP contribution in [0.2, 0.25) is 0 Å². The molecule has 1 saturated carbocycles. The minimum Gasteiger partial charge on any atom is -0.366 e. The molecule has 3 aliphatic carbocycles. The average Bonchev–Trinajstić information content (AvgIpc) is 3.42. The Bertz CT molecular complexity index is 907. The van der Waals surface area contributed by atoms with Gasteiger partial charge < -0.3 is 5.73 Å². The van der Waals surface area contributed by atoms with Crippen LogP contribution >= 0.6 is 11.8 Å². The number of ketones is 1. The zero-order valence-electron chi connectivity index (χ0n) is 15.7. The number of nitrogens with two attached hydrogens (primary N) is 1. The highest BCUT2D eigenvalue weighted by Gasteiger charge is 2.38. The van der Waals surface area contributed by atoms with Gasteiger partial charge in [0.2, 0.25) is 11.7 Å². The number of primary amides is 1. The van der Waals surface area contributed by atoms with Crippen LogP contribution in [-0.4, -0.2) is 34.7 Å². The normalized spacial score (nSPS) is 27.5. The first-order valence-corrected chi connectivity index (χ1v) is 10.6. The summed E-state index contributed by atoms with van der Waals surface area (Å²) in [6.07, 6.45) is 4.77. The quantitative estimate of drug-likeness (QED) is 0.727. The molecule has 2 N–H and O–H groups in total. The molecule has 154 valence electrons. The minimum atomic E-state index is -4.41. The first kappa shape index (κ1) is 20.2. The first-order chi connectivity index (χ1) is 13.7. The van der Waals surface area contributed by atoms with Crippen molar-refractivity contribution in [3.05, 3.63) is 46.6 Å². The number of carbonyl (C=O) groups excluding carboxylic acids is 2. The zero-order chi connectivity index (χ0) is 20.8. The second-order valence-electron chi connectivity index (χ2n) is 7.80. The molecule has 8 heteroatoms. The molecular formula is C21H21F3N2O2S. The van der Waals surface area contributed by atoms with Crippen molar-refractivity contribution in [3.63, 3.8) is 0 Å². The Kier molecular flexibility index (Phi) is 5.31. The van der Waals surface area contributed by atoms with E-state index in [1.807, 2.05) is 6.08 Å². The number of hydrogen-bond acceptors (Lipinski definition) is 4. The number of Topliss-reactive ketones (excluding diaryl/α,β-unsaturated/α-hetero) is 1. The highest BCUT2D eigenvalue weighted by atomic mass is 32.2. The van der Waals surface area contributed by atoms with E-state index in [2.05, 4.69) is 4.99 Å². The molecule has 0 saturated heterocycles. The Morgan fingerprint density at radius 3 is 2.66 bits per heavy atom. The molecule has 0 aromatic heterocycles. The molecule has 1 aliphatic heterocycles. The van der Waals surface area contributed by atoms with E-state index in [0.717, 1.165) is 30.9 Å². The average molecular weight is 422 g/mol. The topological polar surface area (TPSA) is 72.5 Å². The summed E-state index contributed by atoms with van der Waals surface area (Å²) in [4.78, 5) is 28.7. The largest absolute Gasteiger partial charge is 0.412 e. The van der Waals surface area contributed by atoms with Gasteiger partial charge in [0.25, 0.3) is 0 Å². The Balaban J connectivity index is 1.43. The molecule has 1 amide bonds. The monoisotopic (exact) mass is 422 g/mol. The van der Waals surface area contributed by atoms with E-state index < -0.39 is 23.4 Å². The lowest BCUT2D eigenvalue weighted by Crippen LogP contribution is -2.24. The fourth-order valence-electron chi connectivity index (χ4n) is 4.02. The molecular weight excluding hydrogens is 401 g/mol. The van der Waals surface area contributed by atoms with Crippen LogP contribution in [0.4, 0.5) is 13.2 Å². The number of rotatable bonds is 5. The summed E-state index contributed by atoms with van der Waals surface area (Å²) in [6, 6.07) is 0. The SMILES string of the molecule is NC(=O)C1=C(C2CC2)CC(C2CN=C(C(=O)C3=CCCC(C(F)(F)F)=C3)S2)C=C1. The highest BCUT2D eigenvalue weighted by Crippen LogP contribution is 2.45. The molecule has 2 unspecified atom stereocenters. The van der Waals surface area contributed by atoms with Gasteiger partial charge in [0, 0.05) is 22.0 Å². The number of halogens is 3. The van der Waals surface area contributed by atoms with Gasteiger partial charge in [-0.3, -0.25) is 14.6 Å². The molecule has 0 aromatic carbocycles. The van der Waals surface area contributed by atoms with Crippen LogP contribution in [0.5, 0.6) is 0 Å². The first-order valence-electron chi connectivity index (χ1n) is 9.69. The van der Waals surface area contributed by atoms with Crippen LogP contribution in [0.3, 0.4) is 0 Å². The van der Waals surface area contributed by atoms with Crippen molar-refractivity contribution in [2.75, 3.05) is 6.54 Å². The third-order valence-electron chi connectivity index (χ3n) is 5.73. The van der Waals surface area contributed by atoms with E-state index in [4.69, 9.17) is 5.73 Å². The van der Waals surface area contributed by atoms with Crippen LogP contribution in [0.15, 0.2) is 51.6 Å².